The molecule has 0 atom stereocenters. The maximum atomic E-state index is 6.11. The Morgan fingerprint density at radius 1 is 1.14 bits per heavy atom. The monoisotopic (exact) mass is 301 g/mol. The van der Waals surface area contributed by atoms with Crippen LogP contribution in [0.5, 0.6) is 5.75 Å². The van der Waals surface area contributed by atoms with E-state index in [4.69, 9.17) is 16.3 Å². The van der Waals surface area contributed by atoms with Crippen LogP contribution in [0.2, 0.25) is 5.02 Å². The fraction of sp³-hybridized carbons (Fsp3) is 0.222. The highest BCUT2D eigenvalue weighted by Crippen LogP contribution is 2.32. The normalized spacial score (nSPS) is 10.3. The Balaban J connectivity index is 2.01. The number of benzene rings is 2. The lowest BCUT2D eigenvalue weighted by atomic mass is 10.0. The van der Waals surface area contributed by atoms with Crippen molar-refractivity contribution in [3.63, 3.8) is 0 Å². The van der Waals surface area contributed by atoms with Gasteiger partial charge in [0.15, 0.2) is 0 Å². The summed E-state index contributed by atoms with van der Waals surface area (Å²) in [7, 11) is 0. The van der Waals surface area contributed by atoms with E-state index in [1.807, 2.05) is 42.5 Å². The van der Waals surface area contributed by atoms with Gasteiger partial charge in [0.1, 0.15) is 5.75 Å². The van der Waals surface area contributed by atoms with Gasteiger partial charge in [-0.2, -0.15) is 0 Å². The van der Waals surface area contributed by atoms with Crippen molar-refractivity contribution >= 4 is 11.6 Å². The highest BCUT2D eigenvalue weighted by molar-refractivity contribution is 6.31. The molecule has 2 rings (SSSR count). The summed E-state index contributed by atoms with van der Waals surface area (Å²) in [6, 6.07) is 15.9. The Labute approximate surface area is 131 Å². The summed E-state index contributed by atoms with van der Waals surface area (Å²) >= 11 is 6.11. The summed E-state index contributed by atoms with van der Waals surface area (Å²) in [4.78, 5) is 0. The summed E-state index contributed by atoms with van der Waals surface area (Å²) in [6.07, 6.45) is 2.80. The predicted octanol–water partition coefficient (Wildman–Crippen LogP) is 4.55. The molecule has 0 aliphatic rings. The van der Waals surface area contributed by atoms with E-state index in [0.29, 0.717) is 11.6 Å². The van der Waals surface area contributed by atoms with Crippen molar-refractivity contribution in [3.05, 3.63) is 66.2 Å². The van der Waals surface area contributed by atoms with Crippen LogP contribution in [0, 0.1) is 0 Å². The van der Waals surface area contributed by atoms with Crippen LogP contribution in [-0.4, -0.2) is 19.7 Å². The Kier molecular flexibility index (Phi) is 6.32. The quantitative estimate of drug-likeness (QED) is 0.570. The minimum Gasteiger partial charge on any atom is -0.493 e. The van der Waals surface area contributed by atoms with Crippen LogP contribution in [0.3, 0.4) is 0 Å². The number of rotatable bonds is 8. The van der Waals surface area contributed by atoms with Crippen LogP contribution in [0.1, 0.15) is 6.42 Å². The van der Waals surface area contributed by atoms with Gasteiger partial charge < -0.3 is 10.1 Å². The third-order valence-electron chi connectivity index (χ3n) is 3.07. The first-order chi connectivity index (χ1) is 10.3. The molecule has 0 aliphatic heterocycles. The average molecular weight is 302 g/mol. The first-order valence-electron chi connectivity index (χ1n) is 7.10. The smallest absolute Gasteiger partial charge is 0.127 e. The first kappa shape index (κ1) is 15.6. The zero-order valence-corrected chi connectivity index (χ0v) is 12.8. The van der Waals surface area contributed by atoms with E-state index >= 15 is 0 Å². The minimum atomic E-state index is 0.672. The summed E-state index contributed by atoms with van der Waals surface area (Å²) in [5.74, 6) is 0.870. The van der Waals surface area contributed by atoms with Gasteiger partial charge in [-0.1, -0.05) is 48.0 Å². The van der Waals surface area contributed by atoms with E-state index < -0.39 is 0 Å². The molecule has 0 fully saturated rings. The fourth-order valence-corrected chi connectivity index (χ4v) is 2.23. The molecule has 0 saturated carbocycles. The largest absolute Gasteiger partial charge is 0.493 e. The minimum absolute atomic E-state index is 0.672. The van der Waals surface area contributed by atoms with Crippen molar-refractivity contribution in [3.8, 4) is 16.9 Å². The topological polar surface area (TPSA) is 21.3 Å². The molecule has 21 heavy (non-hydrogen) atoms. The van der Waals surface area contributed by atoms with Crippen LogP contribution in [0.25, 0.3) is 11.1 Å². The molecule has 0 aliphatic carbocycles. The molecule has 0 bridgehead atoms. The molecule has 3 heteroatoms. The molecule has 0 saturated heterocycles. The van der Waals surface area contributed by atoms with Gasteiger partial charge in [0, 0.05) is 17.1 Å². The van der Waals surface area contributed by atoms with Crippen molar-refractivity contribution in [2.75, 3.05) is 19.7 Å². The number of nitrogens with one attached hydrogen (secondary N) is 1. The molecule has 2 aromatic carbocycles. The summed E-state index contributed by atoms with van der Waals surface area (Å²) in [5, 5.41) is 3.97. The summed E-state index contributed by atoms with van der Waals surface area (Å²) in [5.41, 5.74) is 2.14. The molecule has 1 N–H and O–H groups in total. The zero-order chi connectivity index (χ0) is 14.9. The predicted molar refractivity (Wildman–Crippen MR) is 90.1 cm³/mol. The molecule has 0 amide bonds. The maximum Gasteiger partial charge on any atom is 0.127 e. The van der Waals surface area contributed by atoms with E-state index in [2.05, 4.69) is 24.0 Å². The van der Waals surface area contributed by atoms with Gasteiger partial charge in [-0.3, -0.25) is 0 Å². The van der Waals surface area contributed by atoms with E-state index in [0.717, 1.165) is 36.4 Å². The second-order valence-corrected chi connectivity index (χ2v) is 5.14. The van der Waals surface area contributed by atoms with Crippen LogP contribution < -0.4 is 10.1 Å². The van der Waals surface area contributed by atoms with Crippen molar-refractivity contribution < 1.29 is 4.74 Å². The van der Waals surface area contributed by atoms with Crippen LogP contribution >= 0.6 is 11.6 Å². The van der Waals surface area contributed by atoms with Gasteiger partial charge in [0.2, 0.25) is 0 Å². The molecule has 110 valence electrons. The SMILES string of the molecule is C=CCNCCCOc1ccc(Cl)cc1-c1ccccc1. The van der Waals surface area contributed by atoms with Crippen LogP contribution in [-0.2, 0) is 0 Å². The van der Waals surface area contributed by atoms with E-state index in [9.17, 15) is 0 Å². The third-order valence-corrected chi connectivity index (χ3v) is 3.31. The summed E-state index contributed by atoms with van der Waals surface area (Å²) in [6.45, 7) is 6.09. The van der Waals surface area contributed by atoms with Gasteiger partial charge in [0.05, 0.1) is 6.61 Å². The average Bonchev–Trinajstić information content (AvgIpc) is 2.53. The Morgan fingerprint density at radius 3 is 2.71 bits per heavy atom. The Morgan fingerprint density at radius 2 is 1.95 bits per heavy atom. The van der Waals surface area contributed by atoms with Gasteiger partial charge in [-0.15, -0.1) is 6.58 Å². The Bertz CT molecular complexity index is 569. The molecule has 0 spiro atoms. The third kappa shape index (κ3) is 4.92. The zero-order valence-electron chi connectivity index (χ0n) is 12.0. The molecular weight excluding hydrogens is 282 g/mol. The first-order valence-corrected chi connectivity index (χ1v) is 7.48. The molecule has 2 aromatic rings. The lowest BCUT2D eigenvalue weighted by Gasteiger charge is -2.12. The Hall–Kier alpha value is -1.77. The number of ether oxygens (including phenoxy) is 1. The van der Waals surface area contributed by atoms with E-state index in [1.54, 1.807) is 0 Å². The molecule has 0 radical (unpaired) electrons. The van der Waals surface area contributed by atoms with Crippen molar-refractivity contribution in [1.29, 1.82) is 0 Å². The van der Waals surface area contributed by atoms with E-state index in [1.165, 1.54) is 0 Å². The number of hydrogen-bond donors (Lipinski definition) is 1. The second-order valence-electron chi connectivity index (χ2n) is 4.70. The molecule has 0 heterocycles. The van der Waals surface area contributed by atoms with Crippen molar-refractivity contribution in [2.24, 2.45) is 0 Å². The number of hydrogen-bond acceptors (Lipinski definition) is 2. The fourth-order valence-electron chi connectivity index (χ4n) is 2.05. The summed E-state index contributed by atoms with van der Waals surface area (Å²) < 4.78 is 5.90. The van der Waals surface area contributed by atoms with Gasteiger partial charge in [0.25, 0.3) is 0 Å². The molecular formula is C18H20ClNO. The number of halogens is 1. The van der Waals surface area contributed by atoms with Gasteiger partial charge >= 0.3 is 0 Å². The molecule has 0 aromatic heterocycles. The van der Waals surface area contributed by atoms with Gasteiger partial charge in [-0.25, -0.2) is 0 Å². The highest BCUT2D eigenvalue weighted by Gasteiger charge is 2.07. The molecule has 2 nitrogen and oxygen atoms in total. The molecule has 0 unspecified atom stereocenters. The van der Waals surface area contributed by atoms with Crippen LogP contribution in [0.15, 0.2) is 61.2 Å². The van der Waals surface area contributed by atoms with Crippen molar-refractivity contribution in [2.45, 2.75) is 6.42 Å². The highest BCUT2D eigenvalue weighted by atomic mass is 35.5. The van der Waals surface area contributed by atoms with E-state index in [-0.39, 0.29) is 0 Å². The van der Waals surface area contributed by atoms with Crippen molar-refractivity contribution in [1.82, 2.24) is 5.32 Å². The second kappa shape index (κ2) is 8.50. The van der Waals surface area contributed by atoms with Gasteiger partial charge in [-0.05, 0) is 36.7 Å². The lowest BCUT2D eigenvalue weighted by Crippen LogP contribution is -2.17. The maximum absolute atomic E-state index is 6.11. The standard InChI is InChI=1S/C18H20ClNO/c1-2-11-20-12-6-13-21-18-10-9-16(19)14-17(18)15-7-4-3-5-8-15/h2-5,7-10,14,20H,1,6,11-13H2. The van der Waals surface area contributed by atoms with Crippen LogP contribution in [0.4, 0.5) is 0 Å². The lowest BCUT2D eigenvalue weighted by molar-refractivity contribution is 0.310.